The minimum atomic E-state index is -0.0878. The number of aryl methyl sites for hydroxylation is 1. The van der Waals surface area contributed by atoms with Crippen LogP contribution in [-0.2, 0) is 5.41 Å². The topological polar surface area (TPSA) is 28.2 Å². The fourth-order valence-corrected chi connectivity index (χ4v) is 5.02. The molecule has 2 aromatic carbocycles. The van der Waals surface area contributed by atoms with Crippen LogP contribution in [0.4, 0.5) is 5.69 Å². The molecule has 148 valence electrons. The Morgan fingerprint density at radius 3 is 2.64 bits per heavy atom. The van der Waals surface area contributed by atoms with Crippen molar-refractivity contribution < 1.29 is 9.47 Å². The van der Waals surface area contributed by atoms with Gasteiger partial charge in [-0.25, -0.2) is 0 Å². The Labute approximate surface area is 167 Å². The van der Waals surface area contributed by atoms with E-state index >= 15 is 0 Å². The summed E-state index contributed by atoms with van der Waals surface area (Å²) in [6, 6.07) is 13.2. The van der Waals surface area contributed by atoms with E-state index in [1.165, 1.54) is 22.4 Å². The average molecular weight is 380 g/mol. The number of hydrogen-bond donors (Lipinski definition) is 0. The highest BCUT2D eigenvalue weighted by Crippen LogP contribution is 2.52. The number of rotatable bonds is 3. The Hall–Kier alpha value is -2.24. The summed E-state index contributed by atoms with van der Waals surface area (Å²) in [7, 11) is 3.93. The number of benzene rings is 2. The summed E-state index contributed by atoms with van der Waals surface area (Å²) in [6.07, 6.45) is 0. The molecule has 5 nitrogen and oxygen atoms in total. The Bertz CT molecular complexity index is 891. The van der Waals surface area contributed by atoms with Gasteiger partial charge in [-0.2, -0.15) is 0 Å². The van der Waals surface area contributed by atoms with E-state index in [1.807, 2.05) is 0 Å². The number of hydrogen-bond acceptors (Lipinski definition) is 5. The van der Waals surface area contributed by atoms with Crippen LogP contribution in [0.1, 0.15) is 16.7 Å². The predicted octanol–water partition coefficient (Wildman–Crippen LogP) is 2.71. The molecule has 0 aliphatic carbocycles. The van der Waals surface area contributed by atoms with Crippen LogP contribution in [0.2, 0.25) is 0 Å². The molecule has 0 radical (unpaired) electrons. The summed E-state index contributed by atoms with van der Waals surface area (Å²) >= 11 is 0. The van der Waals surface area contributed by atoms with E-state index in [0.29, 0.717) is 6.61 Å². The third-order valence-electron chi connectivity index (χ3n) is 6.67. The lowest BCUT2D eigenvalue weighted by Crippen LogP contribution is -2.49. The van der Waals surface area contributed by atoms with Gasteiger partial charge in [-0.15, -0.1) is 0 Å². The van der Waals surface area contributed by atoms with Gasteiger partial charge in [-0.05, 0) is 37.2 Å². The number of piperazine rings is 1. The van der Waals surface area contributed by atoms with Crippen molar-refractivity contribution in [2.75, 3.05) is 65.1 Å². The minimum absolute atomic E-state index is 0.0878. The second-order valence-corrected chi connectivity index (χ2v) is 8.47. The zero-order valence-electron chi connectivity index (χ0n) is 17.1. The van der Waals surface area contributed by atoms with Crippen LogP contribution in [-0.4, -0.2) is 70.0 Å². The van der Waals surface area contributed by atoms with Gasteiger partial charge >= 0.3 is 0 Å². The smallest absolute Gasteiger partial charge is 0.127 e. The number of likely N-dealkylation sites (N-methyl/N-ethyl adjacent to an activating group) is 1. The van der Waals surface area contributed by atoms with Gasteiger partial charge in [0.05, 0.1) is 19.2 Å². The Morgan fingerprint density at radius 2 is 1.86 bits per heavy atom. The van der Waals surface area contributed by atoms with Crippen molar-refractivity contribution in [2.24, 2.45) is 0 Å². The zero-order chi connectivity index (χ0) is 19.3. The Kier molecular flexibility index (Phi) is 4.25. The van der Waals surface area contributed by atoms with Gasteiger partial charge in [-0.3, -0.25) is 4.90 Å². The predicted molar refractivity (Wildman–Crippen MR) is 112 cm³/mol. The van der Waals surface area contributed by atoms with E-state index in [0.717, 1.165) is 50.9 Å². The third kappa shape index (κ3) is 2.68. The highest BCUT2D eigenvalue weighted by molar-refractivity contribution is 5.70. The zero-order valence-corrected chi connectivity index (χ0v) is 17.1. The maximum absolute atomic E-state index is 6.22. The SMILES string of the molecule is COc1cc2c(cc1C)[C@]1(CO2)CN(CN2CCN(C)CC2)c2ccccc21. The van der Waals surface area contributed by atoms with E-state index in [-0.39, 0.29) is 5.41 Å². The number of nitrogens with zero attached hydrogens (tertiary/aromatic N) is 3. The first-order valence-corrected chi connectivity index (χ1v) is 10.2. The molecule has 0 bridgehead atoms. The van der Waals surface area contributed by atoms with Gasteiger partial charge < -0.3 is 19.3 Å². The molecule has 1 fully saturated rings. The molecule has 3 heterocycles. The van der Waals surface area contributed by atoms with Crippen molar-refractivity contribution in [1.82, 2.24) is 9.80 Å². The lowest BCUT2D eigenvalue weighted by molar-refractivity contribution is 0.153. The molecule has 0 amide bonds. The molecular weight excluding hydrogens is 350 g/mol. The summed E-state index contributed by atoms with van der Waals surface area (Å²) in [5.41, 5.74) is 5.13. The molecule has 2 aromatic rings. The van der Waals surface area contributed by atoms with Crippen LogP contribution < -0.4 is 14.4 Å². The molecule has 5 heteroatoms. The minimum Gasteiger partial charge on any atom is -0.496 e. The fraction of sp³-hybridized carbons (Fsp3) is 0.478. The van der Waals surface area contributed by atoms with Crippen LogP contribution in [0, 0.1) is 6.92 Å². The number of para-hydroxylation sites is 1. The molecule has 0 saturated carbocycles. The molecular formula is C23H29N3O2. The highest BCUT2D eigenvalue weighted by atomic mass is 16.5. The molecule has 3 aliphatic heterocycles. The molecule has 1 saturated heterocycles. The van der Waals surface area contributed by atoms with Gasteiger partial charge in [0.15, 0.2) is 0 Å². The summed E-state index contributed by atoms with van der Waals surface area (Å²) in [5.74, 6) is 1.87. The molecule has 0 aromatic heterocycles. The van der Waals surface area contributed by atoms with Crippen LogP contribution in [0.3, 0.4) is 0 Å². The quantitative estimate of drug-likeness (QED) is 0.818. The van der Waals surface area contributed by atoms with Crippen LogP contribution in [0.5, 0.6) is 11.5 Å². The second-order valence-electron chi connectivity index (χ2n) is 8.47. The van der Waals surface area contributed by atoms with E-state index in [2.05, 4.69) is 65.1 Å². The van der Waals surface area contributed by atoms with E-state index < -0.39 is 0 Å². The Balaban J connectivity index is 1.50. The van der Waals surface area contributed by atoms with Gasteiger partial charge in [0, 0.05) is 50.0 Å². The number of anilines is 1. The first kappa shape index (κ1) is 17.8. The van der Waals surface area contributed by atoms with Crippen molar-refractivity contribution in [2.45, 2.75) is 12.3 Å². The molecule has 0 N–H and O–H groups in total. The molecule has 28 heavy (non-hydrogen) atoms. The van der Waals surface area contributed by atoms with Crippen molar-refractivity contribution >= 4 is 5.69 Å². The van der Waals surface area contributed by atoms with Crippen LogP contribution >= 0.6 is 0 Å². The fourth-order valence-electron chi connectivity index (χ4n) is 5.02. The monoisotopic (exact) mass is 379 g/mol. The van der Waals surface area contributed by atoms with Gasteiger partial charge in [0.2, 0.25) is 0 Å². The number of fused-ring (bicyclic) bond motifs is 4. The third-order valence-corrected chi connectivity index (χ3v) is 6.67. The van der Waals surface area contributed by atoms with Gasteiger partial charge in [0.1, 0.15) is 18.1 Å². The summed E-state index contributed by atoms with van der Waals surface area (Å²) in [5, 5.41) is 0. The maximum atomic E-state index is 6.22. The summed E-state index contributed by atoms with van der Waals surface area (Å²) in [4.78, 5) is 7.54. The molecule has 1 atom stereocenters. The van der Waals surface area contributed by atoms with Crippen molar-refractivity contribution in [3.05, 3.63) is 53.1 Å². The lowest BCUT2D eigenvalue weighted by atomic mass is 9.77. The van der Waals surface area contributed by atoms with Crippen molar-refractivity contribution in [1.29, 1.82) is 0 Å². The standard InChI is InChI=1S/C23H29N3O2/c1-17-12-19-22(13-21(17)27-3)28-15-23(19)14-26(20-7-5-4-6-18(20)23)16-25-10-8-24(2)9-11-25/h4-7,12-13H,8-11,14-16H2,1-3H3/t23-/m0/s1. The first-order valence-electron chi connectivity index (χ1n) is 10.2. The Morgan fingerprint density at radius 1 is 1.07 bits per heavy atom. The molecule has 0 unspecified atom stereocenters. The largest absolute Gasteiger partial charge is 0.496 e. The maximum Gasteiger partial charge on any atom is 0.127 e. The molecule has 1 spiro atoms. The first-order chi connectivity index (χ1) is 13.6. The number of methoxy groups -OCH3 is 1. The number of ether oxygens (including phenoxy) is 2. The summed E-state index contributed by atoms with van der Waals surface area (Å²) in [6.45, 7) is 9.32. The highest BCUT2D eigenvalue weighted by Gasteiger charge is 2.50. The van der Waals surface area contributed by atoms with E-state index in [9.17, 15) is 0 Å². The van der Waals surface area contributed by atoms with E-state index in [1.54, 1.807) is 7.11 Å². The normalized spacial score (nSPS) is 24.3. The van der Waals surface area contributed by atoms with Crippen molar-refractivity contribution in [3.63, 3.8) is 0 Å². The van der Waals surface area contributed by atoms with Gasteiger partial charge in [-0.1, -0.05) is 18.2 Å². The lowest BCUT2D eigenvalue weighted by Gasteiger charge is -2.36. The second kappa shape index (κ2) is 6.68. The average Bonchev–Trinajstić information content (AvgIpc) is 3.22. The summed E-state index contributed by atoms with van der Waals surface area (Å²) < 4.78 is 11.7. The van der Waals surface area contributed by atoms with E-state index in [4.69, 9.17) is 9.47 Å². The molecule has 5 rings (SSSR count). The van der Waals surface area contributed by atoms with Crippen LogP contribution in [0.15, 0.2) is 36.4 Å². The van der Waals surface area contributed by atoms with Crippen LogP contribution in [0.25, 0.3) is 0 Å². The molecule has 3 aliphatic rings. The van der Waals surface area contributed by atoms with Crippen molar-refractivity contribution in [3.8, 4) is 11.5 Å². The van der Waals surface area contributed by atoms with Gasteiger partial charge in [0.25, 0.3) is 0 Å².